The van der Waals surface area contributed by atoms with Gasteiger partial charge in [0.05, 0.1) is 18.2 Å². The number of benzene rings is 1. The fourth-order valence-corrected chi connectivity index (χ4v) is 4.07. The lowest BCUT2D eigenvalue weighted by Crippen LogP contribution is -2.39. The first-order chi connectivity index (χ1) is 15.7. The van der Waals surface area contributed by atoms with Crippen molar-refractivity contribution in [3.63, 3.8) is 0 Å². The van der Waals surface area contributed by atoms with Crippen LogP contribution >= 0.6 is 0 Å². The van der Waals surface area contributed by atoms with E-state index in [1.165, 1.54) is 10.6 Å². The summed E-state index contributed by atoms with van der Waals surface area (Å²) in [4.78, 5) is 37.4. The van der Waals surface area contributed by atoms with Gasteiger partial charge in [0.1, 0.15) is 6.04 Å². The Morgan fingerprint density at radius 1 is 1.15 bits per heavy atom. The molecule has 0 aliphatic rings. The molecule has 3 aromatic rings. The number of carbonyl (C=O) groups excluding carboxylic acids is 1. The molecule has 3 N–H and O–H groups in total. The summed E-state index contributed by atoms with van der Waals surface area (Å²) in [6.07, 6.45) is 1.76. The van der Waals surface area contributed by atoms with Crippen molar-refractivity contribution < 1.29 is 14.7 Å². The number of carbonyl (C=O) groups is 2. The number of hydrogen-bond donors (Lipinski definition) is 3. The van der Waals surface area contributed by atoms with Crippen LogP contribution in [0.25, 0.3) is 11.1 Å². The average Bonchev–Trinajstić information content (AvgIpc) is 3.09. The minimum absolute atomic E-state index is 0.154. The monoisotopic (exact) mass is 450 g/mol. The second kappa shape index (κ2) is 10.3. The van der Waals surface area contributed by atoms with Gasteiger partial charge in [0, 0.05) is 23.5 Å². The minimum atomic E-state index is -1.03. The van der Waals surface area contributed by atoms with Crippen LogP contribution in [0.15, 0.2) is 53.5 Å². The van der Waals surface area contributed by atoms with E-state index in [1.807, 2.05) is 45.9 Å². The van der Waals surface area contributed by atoms with Crippen molar-refractivity contribution in [1.29, 1.82) is 0 Å². The summed E-state index contributed by atoms with van der Waals surface area (Å²) < 4.78 is 1.40. The Kier molecular flexibility index (Phi) is 7.48. The number of aromatic nitrogens is 3. The molecule has 8 heteroatoms. The molecule has 8 nitrogen and oxygen atoms in total. The van der Waals surface area contributed by atoms with E-state index in [2.05, 4.69) is 15.5 Å². The predicted molar refractivity (Wildman–Crippen MR) is 126 cm³/mol. The lowest BCUT2D eigenvalue weighted by Gasteiger charge is -2.25. The van der Waals surface area contributed by atoms with Crippen LogP contribution in [0.3, 0.4) is 0 Å². The third-order valence-corrected chi connectivity index (χ3v) is 5.59. The van der Waals surface area contributed by atoms with Crippen LogP contribution in [0.4, 0.5) is 0 Å². The zero-order valence-electron chi connectivity index (χ0n) is 19.3. The van der Waals surface area contributed by atoms with Gasteiger partial charge in [-0.05, 0) is 49.4 Å². The summed E-state index contributed by atoms with van der Waals surface area (Å²) in [6.45, 7) is 7.77. The quantitative estimate of drug-likeness (QED) is 0.459. The first kappa shape index (κ1) is 24.0. The Labute approximate surface area is 192 Å². The van der Waals surface area contributed by atoms with E-state index in [-0.39, 0.29) is 23.8 Å². The van der Waals surface area contributed by atoms with Gasteiger partial charge in [0.15, 0.2) is 0 Å². The molecule has 3 rings (SSSR count). The third kappa shape index (κ3) is 5.77. The molecule has 2 aromatic heterocycles. The largest absolute Gasteiger partial charge is 0.481 e. The van der Waals surface area contributed by atoms with Gasteiger partial charge in [-0.2, -0.15) is 5.10 Å². The second-order valence-electron chi connectivity index (χ2n) is 8.69. The Hall–Kier alpha value is -3.68. The highest BCUT2D eigenvalue weighted by atomic mass is 16.4. The molecule has 2 heterocycles. The lowest BCUT2D eigenvalue weighted by atomic mass is 9.96. The molecule has 0 saturated carbocycles. The van der Waals surface area contributed by atoms with Gasteiger partial charge < -0.3 is 15.0 Å². The summed E-state index contributed by atoms with van der Waals surface area (Å²) in [5.74, 6) is -1.26. The average molecular weight is 451 g/mol. The first-order valence-corrected chi connectivity index (χ1v) is 11.0. The van der Waals surface area contributed by atoms with Crippen molar-refractivity contribution in [2.75, 3.05) is 0 Å². The Bertz CT molecular complexity index is 1180. The number of carboxylic acid groups (broad SMARTS) is 1. The number of aliphatic carboxylic acids is 1. The normalized spacial score (nSPS) is 13.0. The Morgan fingerprint density at radius 2 is 1.91 bits per heavy atom. The van der Waals surface area contributed by atoms with Gasteiger partial charge >= 0.3 is 5.97 Å². The first-order valence-electron chi connectivity index (χ1n) is 11.0. The topological polar surface area (TPSA) is 117 Å². The van der Waals surface area contributed by atoms with E-state index in [1.54, 1.807) is 24.4 Å². The van der Waals surface area contributed by atoms with E-state index < -0.39 is 18.1 Å². The third-order valence-electron chi connectivity index (χ3n) is 5.59. The molecule has 0 spiro atoms. The van der Waals surface area contributed by atoms with Crippen LogP contribution in [0, 0.1) is 19.8 Å². The number of amides is 1. The maximum atomic E-state index is 13.3. The van der Waals surface area contributed by atoms with Crippen molar-refractivity contribution in [2.24, 2.45) is 5.92 Å². The molecule has 1 aromatic carbocycles. The number of nitrogens with one attached hydrogen (secondary N) is 2. The van der Waals surface area contributed by atoms with E-state index >= 15 is 0 Å². The number of carboxylic acids is 1. The summed E-state index contributed by atoms with van der Waals surface area (Å²) in [5, 5.41) is 19.6. The summed E-state index contributed by atoms with van der Waals surface area (Å²) in [5.41, 5.74) is 3.98. The number of aryl methyl sites for hydroxylation is 2. The molecule has 1 amide bonds. The van der Waals surface area contributed by atoms with Gasteiger partial charge in [-0.3, -0.25) is 19.5 Å². The van der Waals surface area contributed by atoms with Gasteiger partial charge in [0.2, 0.25) is 5.91 Å². The van der Waals surface area contributed by atoms with Crippen LogP contribution in [0.2, 0.25) is 0 Å². The fourth-order valence-electron chi connectivity index (χ4n) is 4.07. The molecule has 0 radical (unpaired) electrons. The van der Waals surface area contributed by atoms with Gasteiger partial charge in [-0.15, -0.1) is 0 Å². The molecule has 0 aliphatic carbocycles. The fraction of sp³-hybridized carbons (Fsp3) is 0.360. The van der Waals surface area contributed by atoms with Gasteiger partial charge in [-0.25, -0.2) is 0 Å². The molecule has 0 fully saturated rings. The highest BCUT2D eigenvalue weighted by Crippen LogP contribution is 2.29. The van der Waals surface area contributed by atoms with Crippen molar-refractivity contribution in [3.8, 4) is 11.1 Å². The number of H-pyrrole nitrogens is 1. The number of hydrogen-bond acceptors (Lipinski definition) is 4. The standard InChI is InChI=1S/C25H30N4O4/c1-15(2)12-21(29-11-6-5-10-22(29)30)25(33)26-20(14-23(31)32)18-8-7-9-19(13-18)24-16(3)27-28-17(24)4/h5-11,13,15,20-21H,12,14H2,1-4H3,(H,26,33)(H,27,28)(H,31,32)/t20-,21-/m0/s1. The minimum Gasteiger partial charge on any atom is -0.481 e. The lowest BCUT2D eigenvalue weighted by molar-refractivity contribution is -0.138. The molecule has 0 unspecified atom stereocenters. The molecule has 0 aliphatic heterocycles. The van der Waals surface area contributed by atoms with Crippen molar-refractivity contribution in [1.82, 2.24) is 20.1 Å². The Morgan fingerprint density at radius 3 is 2.52 bits per heavy atom. The SMILES string of the molecule is Cc1n[nH]c(C)c1-c1cccc([C@H](CC(=O)O)NC(=O)[C@H](CC(C)C)n2ccccc2=O)c1. The highest BCUT2D eigenvalue weighted by Gasteiger charge is 2.27. The molecule has 0 bridgehead atoms. The molecular formula is C25H30N4O4. The molecule has 0 saturated heterocycles. The van der Waals surface area contributed by atoms with E-state index in [9.17, 15) is 19.5 Å². The van der Waals surface area contributed by atoms with Crippen LogP contribution in [0.1, 0.15) is 55.7 Å². The second-order valence-corrected chi connectivity index (χ2v) is 8.69. The maximum Gasteiger partial charge on any atom is 0.305 e. The van der Waals surface area contributed by atoms with Crippen molar-refractivity contribution >= 4 is 11.9 Å². The molecule has 33 heavy (non-hydrogen) atoms. The molecular weight excluding hydrogens is 420 g/mol. The number of aromatic amines is 1. The zero-order chi connectivity index (χ0) is 24.1. The summed E-state index contributed by atoms with van der Waals surface area (Å²) in [7, 11) is 0. The zero-order valence-corrected chi connectivity index (χ0v) is 19.3. The van der Waals surface area contributed by atoms with Crippen LogP contribution in [-0.2, 0) is 9.59 Å². The van der Waals surface area contributed by atoms with E-state index in [0.717, 1.165) is 22.5 Å². The van der Waals surface area contributed by atoms with Gasteiger partial charge in [-0.1, -0.05) is 38.1 Å². The molecule has 174 valence electrons. The van der Waals surface area contributed by atoms with Crippen LogP contribution in [0.5, 0.6) is 0 Å². The summed E-state index contributed by atoms with van der Waals surface area (Å²) in [6, 6.07) is 10.7. The number of pyridine rings is 1. The number of nitrogens with zero attached hydrogens (tertiary/aromatic N) is 2. The van der Waals surface area contributed by atoms with Crippen LogP contribution < -0.4 is 10.9 Å². The summed E-state index contributed by atoms with van der Waals surface area (Å²) >= 11 is 0. The highest BCUT2D eigenvalue weighted by molar-refractivity contribution is 5.82. The number of rotatable bonds is 9. The van der Waals surface area contributed by atoms with Crippen molar-refractivity contribution in [3.05, 3.63) is 76.0 Å². The maximum absolute atomic E-state index is 13.3. The van der Waals surface area contributed by atoms with Gasteiger partial charge in [0.25, 0.3) is 5.56 Å². The van der Waals surface area contributed by atoms with E-state index in [0.29, 0.717) is 12.0 Å². The van der Waals surface area contributed by atoms with Crippen LogP contribution in [-0.4, -0.2) is 31.7 Å². The van der Waals surface area contributed by atoms with Crippen molar-refractivity contribution in [2.45, 2.75) is 52.6 Å². The smallest absolute Gasteiger partial charge is 0.305 e. The van der Waals surface area contributed by atoms with E-state index in [4.69, 9.17) is 0 Å². The predicted octanol–water partition coefficient (Wildman–Crippen LogP) is 3.77. The Balaban J connectivity index is 1.96. The molecule has 2 atom stereocenters.